The van der Waals surface area contributed by atoms with Gasteiger partial charge in [-0.15, -0.1) is 11.3 Å². The molecule has 4 rings (SSSR count). The summed E-state index contributed by atoms with van der Waals surface area (Å²) in [6.45, 7) is 0. The first-order chi connectivity index (χ1) is 11.6. The summed E-state index contributed by atoms with van der Waals surface area (Å²) in [7, 11) is 1.88. The molecule has 2 N–H and O–H groups in total. The summed E-state index contributed by atoms with van der Waals surface area (Å²) in [4.78, 5) is 13.8. The smallest absolute Gasteiger partial charge is 0.262 e. The van der Waals surface area contributed by atoms with Gasteiger partial charge in [0.1, 0.15) is 0 Å². The maximum Gasteiger partial charge on any atom is 0.262 e. The molecule has 0 radical (unpaired) electrons. The molecule has 0 saturated heterocycles. The van der Waals surface area contributed by atoms with Crippen LogP contribution >= 0.6 is 11.3 Å². The molecular weight excluding hydrogens is 322 g/mol. The van der Waals surface area contributed by atoms with Crippen LogP contribution in [0, 0.1) is 5.92 Å². The number of fused-ring (bicyclic) bond motifs is 1. The lowest BCUT2D eigenvalue weighted by atomic mass is 9.75. The van der Waals surface area contributed by atoms with E-state index >= 15 is 0 Å². The molecule has 0 unspecified atom stereocenters. The molecule has 0 spiro atoms. The average Bonchev–Trinajstić information content (AvgIpc) is 3.16. The molecular formula is C18H23N3O2S. The van der Waals surface area contributed by atoms with Gasteiger partial charge < -0.3 is 10.4 Å². The summed E-state index contributed by atoms with van der Waals surface area (Å²) in [5.41, 5.74) is 3.63. The van der Waals surface area contributed by atoms with Gasteiger partial charge in [0, 0.05) is 18.8 Å². The molecule has 1 fully saturated rings. The SMILES string of the molecule is Cn1cc([C@@H](NC(=O)c2scc3c2CCCC3)C2CC(O)C2)cn1. The topological polar surface area (TPSA) is 67.2 Å². The normalized spacial score (nSPS) is 24.1. The van der Waals surface area contributed by atoms with Crippen molar-refractivity contribution in [2.75, 3.05) is 0 Å². The predicted octanol–water partition coefficient (Wildman–Crippen LogP) is 2.60. The summed E-state index contributed by atoms with van der Waals surface area (Å²) in [5, 5.41) is 19.3. The maximum absolute atomic E-state index is 12.9. The first-order valence-electron chi connectivity index (χ1n) is 8.68. The first kappa shape index (κ1) is 15.8. The minimum Gasteiger partial charge on any atom is -0.393 e. The number of aryl methyl sites for hydroxylation is 2. The van der Waals surface area contributed by atoms with Crippen LogP contribution in [-0.2, 0) is 19.9 Å². The zero-order valence-corrected chi connectivity index (χ0v) is 14.7. The molecule has 128 valence electrons. The molecule has 1 saturated carbocycles. The highest BCUT2D eigenvalue weighted by atomic mass is 32.1. The predicted molar refractivity (Wildman–Crippen MR) is 93.1 cm³/mol. The second-order valence-corrected chi connectivity index (χ2v) is 7.94. The number of aliphatic hydroxyl groups is 1. The molecule has 1 amide bonds. The number of amides is 1. The molecule has 0 aromatic carbocycles. The van der Waals surface area contributed by atoms with Crippen LogP contribution in [-0.4, -0.2) is 26.9 Å². The van der Waals surface area contributed by atoms with Crippen molar-refractivity contribution in [1.29, 1.82) is 0 Å². The van der Waals surface area contributed by atoms with Gasteiger partial charge in [-0.2, -0.15) is 5.10 Å². The van der Waals surface area contributed by atoms with Crippen molar-refractivity contribution in [3.8, 4) is 0 Å². The number of carbonyl (C=O) groups excluding carboxylic acids is 1. The number of nitrogens with one attached hydrogen (secondary N) is 1. The van der Waals surface area contributed by atoms with E-state index in [1.807, 2.05) is 19.4 Å². The number of thiophene rings is 1. The van der Waals surface area contributed by atoms with Gasteiger partial charge in [-0.1, -0.05) is 0 Å². The van der Waals surface area contributed by atoms with Crippen LogP contribution in [0.25, 0.3) is 0 Å². The van der Waals surface area contributed by atoms with Crippen LogP contribution in [0.15, 0.2) is 17.8 Å². The highest BCUT2D eigenvalue weighted by Gasteiger charge is 2.37. The fourth-order valence-electron chi connectivity index (χ4n) is 3.89. The van der Waals surface area contributed by atoms with Gasteiger partial charge in [0.05, 0.1) is 23.2 Å². The van der Waals surface area contributed by atoms with Crippen LogP contribution in [0.3, 0.4) is 0 Å². The minimum absolute atomic E-state index is 0.0263. The highest BCUT2D eigenvalue weighted by molar-refractivity contribution is 7.12. The zero-order chi connectivity index (χ0) is 16.7. The molecule has 5 nitrogen and oxygen atoms in total. The average molecular weight is 345 g/mol. The van der Waals surface area contributed by atoms with Gasteiger partial charge in [0.2, 0.25) is 0 Å². The number of aromatic nitrogens is 2. The molecule has 6 heteroatoms. The summed E-state index contributed by atoms with van der Waals surface area (Å²) >= 11 is 1.57. The van der Waals surface area contributed by atoms with Crippen LogP contribution in [0.5, 0.6) is 0 Å². The van der Waals surface area contributed by atoms with Gasteiger partial charge in [0.25, 0.3) is 5.91 Å². The Morgan fingerprint density at radius 1 is 1.42 bits per heavy atom. The Hall–Kier alpha value is -1.66. The molecule has 1 atom stereocenters. The zero-order valence-electron chi connectivity index (χ0n) is 13.9. The number of aliphatic hydroxyl groups excluding tert-OH is 1. The van der Waals surface area contributed by atoms with Crippen molar-refractivity contribution in [2.45, 2.75) is 50.7 Å². The molecule has 2 aromatic heterocycles. The Balaban J connectivity index is 1.56. The first-order valence-corrected chi connectivity index (χ1v) is 9.56. The van der Waals surface area contributed by atoms with Crippen LogP contribution in [0.1, 0.15) is 58.1 Å². The van der Waals surface area contributed by atoms with E-state index in [1.54, 1.807) is 16.0 Å². The second-order valence-electron chi connectivity index (χ2n) is 7.06. The molecule has 2 aliphatic rings. The monoisotopic (exact) mass is 345 g/mol. The molecule has 0 aliphatic heterocycles. The molecule has 2 aliphatic carbocycles. The Labute approximate surface area is 145 Å². The third-order valence-corrected chi connectivity index (χ3v) is 6.37. The van der Waals surface area contributed by atoms with E-state index < -0.39 is 0 Å². The summed E-state index contributed by atoms with van der Waals surface area (Å²) in [6, 6.07) is -0.0732. The van der Waals surface area contributed by atoms with Crippen LogP contribution < -0.4 is 5.32 Å². The van der Waals surface area contributed by atoms with Crippen molar-refractivity contribution >= 4 is 17.2 Å². The van der Waals surface area contributed by atoms with E-state index in [0.29, 0.717) is 0 Å². The van der Waals surface area contributed by atoms with Crippen molar-refractivity contribution in [3.63, 3.8) is 0 Å². The van der Waals surface area contributed by atoms with Crippen LogP contribution in [0.2, 0.25) is 0 Å². The summed E-state index contributed by atoms with van der Waals surface area (Å²) in [6.07, 6.45) is 9.53. The number of hydrogen-bond donors (Lipinski definition) is 2. The molecule has 2 aromatic rings. The maximum atomic E-state index is 12.9. The van der Waals surface area contributed by atoms with Gasteiger partial charge >= 0.3 is 0 Å². The molecule has 2 heterocycles. The second kappa shape index (κ2) is 6.33. The summed E-state index contributed by atoms with van der Waals surface area (Å²) < 4.78 is 1.76. The van der Waals surface area contributed by atoms with E-state index in [2.05, 4.69) is 15.8 Å². The number of rotatable bonds is 4. The van der Waals surface area contributed by atoms with E-state index in [4.69, 9.17) is 0 Å². The largest absolute Gasteiger partial charge is 0.393 e. The van der Waals surface area contributed by atoms with E-state index in [1.165, 1.54) is 24.0 Å². The lowest BCUT2D eigenvalue weighted by Gasteiger charge is -2.37. The van der Waals surface area contributed by atoms with Crippen molar-refractivity contribution in [2.24, 2.45) is 13.0 Å². The fraction of sp³-hybridized carbons (Fsp3) is 0.556. The fourth-order valence-corrected chi connectivity index (χ4v) is 4.95. The van der Waals surface area contributed by atoms with E-state index in [0.717, 1.165) is 36.1 Å². The van der Waals surface area contributed by atoms with Crippen molar-refractivity contribution in [1.82, 2.24) is 15.1 Å². The number of nitrogens with zero attached hydrogens (tertiary/aromatic N) is 2. The Kier molecular flexibility index (Phi) is 4.18. The minimum atomic E-state index is -0.236. The Bertz CT molecular complexity index is 745. The number of carbonyl (C=O) groups is 1. The lowest BCUT2D eigenvalue weighted by Crippen LogP contribution is -2.41. The lowest BCUT2D eigenvalue weighted by molar-refractivity contribution is 0.0235. The van der Waals surface area contributed by atoms with Gasteiger partial charge in [-0.3, -0.25) is 9.48 Å². The third-order valence-electron chi connectivity index (χ3n) is 5.30. The molecule has 0 bridgehead atoms. The van der Waals surface area contributed by atoms with Crippen LogP contribution in [0.4, 0.5) is 0 Å². The van der Waals surface area contributed by atoms with Crippen molar-refractivity contribution in [3.05, 3.63) is 39.3 Å². The highest BCUT2D eigenvalue weighted by Crippen LogP contribution is 2.38. The molecule has 24 heavy (non-hydrogen) atoms. The van der Waals surface area contributed by atoms with Gasteiger partial charge in [0.15, 0.2) is 0 Å². The Morgan fingerprint density at radius 3 is 2.92 bits per heavy atom. The van der Waals surface area contributed by atoms with Gasteiger partial charge in [-0.05, 0) is 60.9 Å². The standard InChI is InChI=1S/C18H23N3O2S/c1-21-9-13(8-19-21)16(12-6-14(22)7-12)20-18(23)17-15-5-3-2-4-11(15)10-24-17/h8-10,12,14,16,22H,2-7H2,1H3,(H,20,23)/t12?,14?,16-/m0/s1. The summed E-state index contributed by atoms with van der Waals surface area (Å²) in [5.74, 6) is 0.308. The van der Waals surface area contributed by atoms with E-state index in [-0.39, 0.29) is 24.0 Å². The Morgan fingerprint density at radius 2 is 2.21 bits per heavy atom. The van der Waals surface area contributed by atoms with E-state index in [9.17, 15) is 9.90 Å². The quantitative estimate of drug-likeness (QED) is 0.895. The van der Waals surface area contributed by atoms with Gasteiger partial charge in [-0.25, -0.2) is 0 Å². The van der Waals surface area contributed by atoms with Crippen molar-refractivity contribution < 1.29 is 9.90 Å². The number of hydrogen-bond acceptors (Lipinski definition) is 4. The third kappa shape index (κ3) is 2.89.